The van der Waals surface area contributed by atoms with Crippen LogP contribution in [0, 0.1) is 0 Å². The number of hydrogen-bond donors (Lipinski definition) is 3. The van der Waals surface area contributed by atoms with Crippen LogP contribution in [0.1, 0.15) is 46.0 Å². The molecule has 1 aromatic carbocycles. The highest BCUT2D eigenvalue weighted by Gasteiger charge is 2.21. The lowest BCUT2D eigenvalue weighted by molar-refractivity contribution is -0.115. The molecule has 0 unspecified atom stereocenters. The largest absolute Gasteiger partial charge is 0.454 e. The van der Waals surface area contributed by atoms with Gasteiger partial charge in [-0.05, 0) is 25.0 Å². The van der Waals surface area contributed by atoms with Crippen LogP contribution in [0.25, 0.3) is 0 Å². The minimum absolute atomic E-state index is 0.0829. The molecular weight excluding hydrogens is 414 g/mol. The molecule has 174 valence electrons. The lowest BCUT2D eigenvalue weighted by Gasteiger charge is -2.25. The molecule has 4 N–H and O–H groups in total. The molecule has 0 bridgehead atoms. The van der Waals surface area contributed by atoms with E-state index < -0.39 is 11.2 Å². The van der Waals surface area contributed by atoms with E-state index in [1.54, 1.807) is 23.1 Å². The summed E-state index contributed by atoms with van der Waals surface area (Å²) in [5, 5.41) is 2.82. The fourth-order valence-electron chi connectivity index (χ4n) is 3.59. The van der Waals surface area contributed by atoms with E-state index in [4.69, 9.17) is 15.2 Å². The van der Waals surface area contributed by atoms with Crippen LogP contribution in [-0.4, -0.2) is 35.3 Å². The summed E-state index contributed by atoms with van der Waals surface area (Å²) in [6.45, 7) is 5.00. The highest BCUT2D eigenvalue weighted by Crippen LogP contribution is 2.34. The zero-order valence-electron chi connectivity index (χ0n) is 18.6. The molecule has 0 saturated heterocycles. The maximum absolute atomic E-state index is 12.8. The number of aromatic amines is 1. The Morgan fingerprint density at radius 1 is 1.16 bits per heavy atom. The molecule has 1 aliphatic rings. The maximum Gasteiger partial charge on any atom is 0.330 e. The number of ether oxygens (including phenoxy) is 2. The number of amides is 1. The van der Waals surface area contributed by atoms with E-state index in [-0.39, 0.29) is 30.8 Å². The first-order chi connectivity index (χ1) is 15.4. The van der Waals surface area contributed by atoms with Gasteiger partial charge in [0.05, 0.1) is 6.54 Å². The molecule has 1 aromatic heterocycles. The van der Waals surface area contributed by atoms with Crippen molar-refractivity contribution in [3.05, 3.63) is 39.0 Å². The van der Waals surface area contributed by atoms with Crippen LogP contribution in [0.15, 0.2) is 27.8 Å². The van der Waals surface area contributed by atoms with E-state index in [9.17, 15) is 14.4 Å². The Balaban J connectivity index is 1.84. The third-order valence-electron chi connectivity index (χ3n) is 5.29. The number of nitrogens with zero attached hydrogens (tertiary/aromatic N) is 2. The van der Waals surface area contributed by atoms with Crippen LogP contribution in [0.4, 0.5) is 17.2 Å². The van der Waals surface area contributed by atoms with Crippen LogP contribution in [0.5, 0.6) is 11.5 Å². The Kier molecular flexibility index (Phi) is 7.80. The molecule has 2 heterocycles. The van der Waals surface area contributed by atoms with Gasteiger partial charge in [-0.25, -0.2) is 4.79 Å². The molecule has 0 aliphatic carbocycles. The molecule has 1 amide bonds. The molecule has 0 fully saturated rings. The normalized spacial score (nSPS) is 12.1. The average Bonchev–Trinajstić information content (AvgIpc) is 3.21. The van der Waals surface area contributed by atoms with Gasteiger partial charge in [0.25, 0.3) is 5.56 Å². The van der Waals surface area contributed by atoms with Gasteiger partial charge in [0.1, 0.15) is 11.5 Å². The first-order valence-electron chi connectivity index (χ1n) is 11.0. The maximum atomic E-state index is 12.8. The average molecular weight is 446 g/mol. The summed E-state index contributed by atoms with van der Waals surface area (Å²) in [7, 11) is 0. The number of nitrogen functional groups attached to an aromatic ring is 1. The van der Waals surface area contributed by atoms with E-state index in [1.165, 1.54) is 4.57 Å². The zero-order valence-corrected chi connectivity index (χ0v) is 18.6. The van der Waals surface area contributed by atoms with Crippen molar-refractivity contribution >= 4 is 23.1 Å². The zero-order chi connectivity index (χ0) is 23.1. The van der Waals surface area contributed by atoms with E-state index in [1.807, 2.05) is 6.92 Å². The molecule has 1 aliphatic heterocycles. The van der Waals surface area contributed by atoms with E-state index in [2.05, 4.69) is 17.2 Å². The van der Waals surface area contributed by atoms with Crippen molar-refractivity contribution in [3.63, 3.8) is 0 Å². The van der Waals surface area contributed by atoms with E-state index in [0.29, 0.717) is 30.3 Å². The third-order valence-corrected chi connectivity index (χ3v) is 5.29. The molecule has 0 atom stereocenters. The number of H-pyrrole nitrogens is 1. The number of carbonyl (C=O) groups excluding carboxylic acids is 1. The second-order valence-corrected chi connectivity index (χ2v) is 7.74. The van der Waals surface area contributed by atoms with Crippen LogP contribution >= 0.6 is 0 Å². The van der Waals surface area contributed by atoms with Gasteiger partial charge in [-0.1, -0.05) is 33.1 Å². The fourth-order valence-corrected chi connectivity index (χ4v) is 3.59. The van der Waals surface area contributed by atoms with Crippen LogP contribution in [0.2, 0.25) is 0 Å². The van der Waals surface area contributed by atoms with Gasteiger partial charge < -0.3 is 25.4 Å². The molecule has 10 nitrogen and oxygen atoms in total. The summed E-state index contributed by atoms with van der Waals surface area (Å²) in [5.41, 5.74) is 5.84. The quantitative estimate of drug-likeness (QED) is 0.452. The minimum atomic E-state index is -0.590. The monoisotopic (exact) mass is 445 g/mol. The lowest BCUT2D eigenvalue weighted by Crippen LogP contribution is -2.42. The highest BCUT2D eigenvalue weighted by atomic mass is 16.7. The van der Waals surface area contributed by atoms with Crippen LogP contribution in [0.3, 0.4) is 0 Å². The molecule has 0 spiro atoms. The van der Waals surface area contributed by atoms with Crippen molar-refractivity contribution in [2.75, 3.05) is 35.8 Å². The second-order valence-electron chi connectivity index (χ2n) is 7.74. The van der Waals surface area contributed by atoms with Crippen LogP contribution in [-0.2, 0) is 11.3 Å². The predicted molar refractivity (Wildman–Crippen MR) is 124 cm³/mol. The van der Waals surface area contributed by atoms with Gasteiger partial charge in [0.15, 0.2) is 11.5 Å². The topological polar surface area (TPSA) is 132 Å². The first kappa shape index (κ1) is 23.2. The smallest absolute Gasteiger partial charge is 0.330 e. The highest BCUT2D eigenvalue weighted by molar-refractivity contribution is 5.94. The van der Waals surface area contributed by atoms with Gasteiger partial charge in [-0.2, -0.15) is 0 Å². The van der Waals surface area contributed by atoms with Gasteiger partial charge in [0.2, 0.25) is 12.7 Å². The number of nitrogens with two attached hydrogens (primary N) is 1. The molecule has 32 heavy (non-hydrogen) atoms. The van der Waals surface area contributed by atoms with Crippen molar-refractivity contribution in [2.45, 2.75) is 52.5 Å². The second kappa shape index (κ2) is 10.7. The number of fused-ring (bicyclic) bond motifs is 1. The lowest BCUT2D eigenvalue weighted by atomic mass is 10.2. The fraction of sp³-hybridized carbons (Fsp3) is 0.500. The number of rotatable bonds is 11. The SMILES string of the molecule is CCCCCN(CC(=O)Nc1ccc2c(c1)OCO2)c1c(N)n(CCCC)c(=O)[nH]c1=O. The van der Waals surface area contributed by atoms with Crippen molar-refractivity contribution in [1.82, 2.24) is 9.55 Å². The number of anilines is 3. The van der Waals surface area contributed by atoms with Crippen LogP contribution < -0.4 is 36.7 Å². The summed E-state index contributed by atoms with van der Waals surface area (Å²) in [4.78, 5) is 41.8. The number of benzene rings is 1. The van der Waals surface area contributed by atoms with Gasteiger partial charge in [0, 0.05) is 24.8 Å². The molecule has 2 aromatic rings. The van der Waals surface area contributed by atoms with Crippen molar-refractivity contribution in [1.29, 1.82) is 0 Å². The minimum Gasteiger partial charge on any atom is -0.454 e. The molecule has 10 heteroatoms. The van der Waals surface area contributed by atoms with Gasteiger partial charge in [-0.3, -0.25) is 19.1 Å². The number of hydrogen-bond acceptors (Lipinski definition) is 7. The number of aromatic nitrogens is 2. The van der Waals surface area contributed by atoms with Gasteiger partial charge in [-0.15, -0.1) is 0 Å². The Hall–Kier alpha value is -3.43. The summed E-state index contributed by atoms with van der Waals surface area (Å²) in [5.74, 6) is 0.953. The van der Waals surface area contributed by atoms with Crippen molar-refractivity contribution in [3.8, 4) is 11.5 Å². The summed E-state index contributed by atoms with van der Waals surface area (Å²) >= 11 is 0. The molecule has 0 saturated carbocycles. The number of carbonyl (C=O) groups is 1. The third kappa shape index (κ3) is 5.43. The Morgan fingerprint density at radius 3 is 2.66 bits per heavy atom. The van der Waals surface area contributed by atoms with E-state index in [0.717, 1.165) is 32.1 Å². The summed E-state index contributed by atoms with van der Waals surface area (Å²) in [6.07, 6.45) is 4.32. The van der Waals surface area contributed by atoms with Crippen molar-refractivity contribution in [2.24, 2.45) is 0 Å². The van der Waals surface area contributed by atoms with Crippen molar-refractivity contribution < 1.29 is 14.3 Å². The first-order valence-corrected chi connectivity index (χ1v) is 11.0. The predicted octanol–water partition coefficient (Wildman–Crippen LogP) is 2.28. The number of unbranched alkanes of at least 4 members (excludes halogenated alkanes) is 3. The molecule has 0 radical (unpaired) electrons. The standard InChI is InChI=1S/C22H31N5O5/c1-3-5-7-10-26(19-20(23)27(11-6-4-2)22(30)25-21(19)29)13-18(28)24-15-8-9-16-17(12-15)32-14-31-16/h8-9,12H,3-7,10-11,13-14,23H2,1-2H3,(H,24,28)(H,25,29,30). The molecule has 3 rings (SSSR count). The van der Waals surface area contributed by atoms with E-state index >= 15 is 0 Å². The Labute approximate surface area is 186 Å². The molecular formula is C22H31N5O5. The Morgan fingerprint density at radius 2 is 1.91 bits per heavy atom. The number of nitrogens with one attached hydrogen (secondary N) is 2. The van der Waals surface area contributed by atoms with Gasteiger partial charge >= 0.3 is 5.69 Å². The summed E-state index contributed by atoms with van der Waals surface area (Å²) < 4.78 is 12.0. The Bertz CT molecular complexity index is 1060. The summed E-state index contributed by atoms with van der Waals surface area (Å²) in [6, 6.07) is 5.13.